The van der Waals surface area contributed by atoms with Gasteiger partial charge in [0, 0.05) is 0 Å². The molecule has 6 heteroatoms. The SMILES string of the molecule is O=C1CN(c2ccc(OCc3ccccc3)cc2)NC(=O)N1. The Balaban J connectivity index is 1.62. The summed E-state index contributed by atoms with van der Waals surface area (Å²) in [6, 6.07) is 16.5. The lowest BCUT2D eigenvalue weighted by atomic mass is 10.2. The van der Waals surface area contributed by atoms with Gasteiger partial charge in [-0.1, -0.05) is 30.3 Å². The van der Waals surface area contributed by atoms with E-state index in [9.17, 15) is 9.59 Å². The molecule has 6 nitrogen and oxygen atoms in total. The highest BCUT2D eigenvalue weighted by molar-refractivity contribution is 6.00. The van der Waals surface area contributed by atoms with Crippen LogP contribution < -0.4 is 20.5 Å². The van der Waals surface area contributed by atoms with E-state index in [1.807, 2.05) is 30.3 Å². The van der Waals surface area contributed by atoms with E-state index in [1.54, 1.807) is 24.3 Å². The highest BCUT2D eigenvalue weighted by atomic mass is 16.5. The maximum Gasteiger partial charge on any atom is 0.340 e. The van der Waals surface area contributed by atoms with Crippen LogP contribution >= 0.6 is 0 Å². The molecule has 1 fully saturated rings. The van der Waals surface area contributed by atoms with Crippen molar-refractivity contribution in [1.82, 2.24) is 10.7 Å². The second-order valence-corrected chi connectivity index (χ2v) is 4.84. The molecule has 1 saturated heterocycles. The van der Waals surface area contributed by atoms with Gasteiger partial charge in [-0.3, -0.25) is 15.1 Å². The molecule has 0 saturated carbocycles. The molecule has 1 aliphatic heterocycles. The van der Waals surface area contributed by atoms with Gasteiger partial charge in [-0.25, -0.2) is 10.2 Å². The maximum absolute atomic E-state index is 11.3. The fourth-order valence-corrected chi connectivity index (χ4v) is 2.12. The molecule has 1 aliphatic rings. The molecule has 0 aliphatic carbocycles. The van der Waals surface area contributed by atoms with Gasteiger partial charge in [-0.05, 0) is 29.8 Å². The molecule has 1 heterocycles. The van der Waals surface area contributed by atoms with Crippen LogP contribution in [0, 0.1) is 0 Å². The summed E-state index contributed by atoms with van der Waals surface area (Å²) in [7, 11) is 0. The summed E-state index contributed by atoms with van der Waals surface area (Å²) in [5.74, 6) is 0.383. The van der Waals surface area contributed by atoms with E-state index in [0.717, 1.165) is 17.0 Å². The lowest BCUT2D eigenvalue weighted by Gasteiger charge is -2.28. The Morgan fingerprint density at radius 1 is 1.00 bits per heavy atom. The summed E-state index contributed by atoms with van der Waals surface area (Å²) in [5.41, 5.74) is 4.37. The van der Waals surface area contributed by atoms with Crippen molar-refractivity contribution < 1.29 is 14.3 Å². The van der Waals surface area contributed by atoms with E-state index in [-0.39, 0.29) is 12.5 Å². The molecular weight excluding hydrogens is 282 g/mol. The first-order valence-corrected chi connectivity index (χ1v) is 6.85. The van der Waals surface area contributed by atoms with Gasteiger partial charge in [0.15, 0.2) is 0 Å². The summed E-state index contributed by atoms with van der Waals surface area (Å²) < 4.78 is 5.69. The molecule has 3 amide bonds. The molecule has 0 unspecified atom stereocenters. The molecular formula is C16H15N3O3. The van der Waals surface area contributed by atoms with Crippen LogP contribution in [0.25, 0.3) is 0 Å². The van der Waals surface area contributed by atoms with Gasteiger partial charge in [-0.15, -0.1) is 0 Å². The first-order chi connectivity index (χ1) is 10.7. The van der Waals surface area contributed by atoms with Gasteiger partial charge >= 0.3 is 6.03 Å². The van der Waals surface area contributed by atoms with Crippen LogP contribution in [0.1, 0.15) is 5.56 Å². The zero-order chi connectivity index (χ0) is 15.4. The maximum atomic E-state index is 11.3. The van der Waals surface area contributed by atoms with Gasteiger partial charge in [0.2, 0.25) is 5.91 Å². The molecule has 0 atom stereocenters. The van der Waals surface area contributed by atoms with Gasteiger partial charge in [-0.2, -0.15) is 0 Å². The average Bonchev–Trinajstić information content (AvgIpc) is 2.53. The fourth-order valence-electron chi connectivity index (χ4n) is 2.12. The summed E-state index contributed by atoms with van der Waals surface area (Å²) in [6.07, 6.45) is 0. The second kappa shape index (κ2) is 6.17. The number of hydrogen-bond acceptors (Lipinski definition) is 4. The summed E-state index contributed by atoms with van der Waals surface area (Å²) in [4.78, 5) is 22.6. The van der Waals surface area contributed by atoms with Crippen LogP contribution in [0.4, 0.5) is 10.5 Å². The van der Waals surface area contributed by atoms with Gasteiger partial charge in [0.05, 0.1) is 5.69 Å². The van der Waals surface area contributed by atoms with Crippen molar-refractivity contribution in [2.75, 3.05) is 11.6 Å². The number of ether oxygens (including phenoxy) is 1. The molecule has 2 N–H and O–H groups in total. The lowest BCUT2D eigenvalue weighted by Crippen LogP contribution is -2.59. The molecule has 0 bridgehead atoms. The Bertz CT molecular complexity index is 655. The minimum Gasteiger partial charge on any atom is -0.489 e. The zero-order valence-electron chi connectivity index (χ0n) is 11.8. The summed E-state index contributed by atoms with van der Waals surface area (Å²) >= 11 is 0. The van der Waals surface area contributed by atoms with Crippen molar-refractivity contribution in [2.24, 2.45) is 0 Å². The number of hydrazine groups is 1. The number of nitrogens with zero attached hydrogens (tertiary/aromatic N) is 1. The summed E-state index contributed by atoms with van der Waals surface area (Å²) in [6.45, 7) is 0.568. The normalized spacial score (nSPS) is 14.3. The molecule has 0 radical (unpaired) electrons. The number of hydrogen-bond donors (Lipinski definition) is 2. The van der Waals surface area contributed by atoms with Crippen molar-refractivity contribution in [3.05, 3.63) is 60.2 Å². The van der Waals surface area contributed by atoms with Crippen molar-refractivity contribution in [3.63, 3.8) is 0 Å². The van der Waals surface area contributed by atoms with E-state index in [0.29, 0.717) is 6.61 Å². The number of urea groups is 1. The number of carbonyl (C=O) groups is 2. The minimum absolute atomic E-state index is 0.0793. The van der Waals surface area contributed by atoms with Crippen molar-refractivity contribution in [1.29, 1.82) is 0 Å². The topological polar surface area (TPSA) is 70.7 Å². The summed E-state index contributed by atoms with van der Waals surface area (Å²) in [5, 5.41) is 3.66. The molecule has 0 aromatic heterocycles. The highest BCUT2D eigenvalue weighted by Crippen LogP contribution is 2.19. The molecule has 3 rings (SSSR count). The smallest absolute Gasteiger partial charge is 0.340 e. The predicted octanol–water partition coefficient (Wildman–Crippen LogP) is 1.83. The monoisotopic (exact) mass is 297 g/mol. The van der Waals surface area contributed by atoms with E-state index in [1.165, 1.54) is 5.01 Å². The van der Waals surface area contributed by atoms with Crippen molar-refractivity contribution >= 4 is 17.6 Å². The Labute approximate surface area is 127 Å². The van der Waals surface area contributed by atoms with Crippen LogP contribution in [0.2, 0.25) is 0 Å². The number of rotatable bonds is 4. The number of carbonyl (C=O) groups excluding carboxylic acids is 2. The lowest BCUT2D eigenvalue weighted by molar-refractivity contribution is -0.119. The van der Waals surface area contributed by atoms with Crippen LogP contribution in [0.5, 0.6) is 5.75 Å². The molecule has 112 valence electrons. The van der Waals surface area contributed by atoms with Gasteiger partial charge in [0.1, 0.15) is 18.9 Å². The number of imide groups is 1. The van der Waals surface area contributed by atoms with E-state index >= 15 is 0 Å². The van der Waals surface area contributed by atoms with Crippen molar-refractivity contribution in [3.8, 4) is 5.75 Å². The second-order valence-electron chi connectivity index (χ2n) is 4.84. The Morgan fingerprint density at radius 3 is 2.41 bits per heavy atom. The van der Waals surface area contributed by atoms with Crippen LogP contribution in [-0.2, 0) is 11.4 Å². The van der Waals surface area contributed by atoms with Crippen LogP contribution in [0.15, 0.2) is 54.6 Å². The number of anilines is 1. The van der Waals surface area contributed by atoms with E-state index < -0.39 is 6.03 Å². The third kappa shape index (κ3) is 3.35. The van der Waals surface area contributed by atoms with E-state index in [4.69, 9.17) is 4.74 Å². The molecule has 2 aromatic rings. The Hall–Kier alpha value is -3.02. The molecule has 2 aromatic carbocycles. The quantitative estimate of drug-likeness (QED) is 0.903. The Morgan fingerprint density at radius 2 is 1.73 bits per heavy atom. The number of benzene rings is 2. The molecule has 0 spiro atoms. The van der Waals surface area contributed by atoms with E-state index in [2.05, 4.69) is 10.7 Å². The third-order valence-corrected chi connectivity index (χ3v) is 3.19. The van der Waals surface area contributed by atoms with Gasteiger partial charge in [0.25, 0.3) is 0 Å². The third-order valence-electron chi connectivity index (χ3n) is 3.19. The first-order valence-electron chi connectivity index (χ1n) is 6.85. The van der Waals surface area contributed by atoms with Crippen LogP contribution in [0.3, 0.4) is 0 Å². The van der Waals surface area contributed by atoms with Crippen LogP contribution in [-0.4, -0.2) is 18.5 Å². The fraction of sp³-hybridized carbons (Fsp3) is 0.125. The largest absolute Gasteiger partial charge is 0.489 e. The number of nitrogens with one attached hydrogen (secondary N) is 2. The highest BCUT2D eigenvalue weighted by Gasteiger charge is 2.21. The Kier molecular flexibility index (Phi) is 3.91. The average molecular weight is 297 g/mol. The standard InChI is InChI=1S/C16H15N3O3/c20-15-10-19(18-16(21)17-15)13-6-8-14(9-7-13)22-11-12-4-2-1-3-5-12/h1-9H,10-11H2,(H2,17,18,20,21). The zero-order valence-corrected chi connectivity index (χ0v) is 11.8. The van der Waals surface area contributed by atoms with Gasteiger partial charge < -0.3 is 4.74 Å². The molecule has 22 heavy (non-hydrogen) atoms. The number of amides is 3. The minimum atomic E-state index is -0.527. The van der Waals surface area contributed by atoms with Crippen molar-refractivity contribution in [2.45, 2.75) is 6.61 Å². The first kappa shape index (κ1) is 13.9. The predicted molar refractivity (Wildman–Crippen MR) is 81.2 cm³/mol.